The maximum Gasteiger partial charge on any atom is 0.0627 e. The van der Waals surface area contributed by atoms with Crippen LogP contribution in [-0.4, -0.2) is 95.2 Å². The number of hydrogen-bond donors (Lipinski definition) is 0. The third-order valence-electron chi connectivity index (χ3n) is 9.73. The predicted octanol–water partition coefficient (Wildman–Crippen LogP) is 10.2. The molecule has 0 spiro atoms. The molecule has 0 atom stereocenters. The van der Waals surface area contributed by atoms with E-state index in [1.165, 1.54) is 90.1 Å². The van der Waals surface area contributed by atoms with E-state index in [1.807, 2.05) is 36.4 Å². The van der Waals surface area contributed by atoms with Crippen LogP contribution in [0.2, 0.25) is 0 Å². The zero-order valence-corrected chi connectivity index (χ0v) is 49.6. The number of rotatable bonds is 18. The number of halogens is 5. The van der Waals surface area contributed by atoms with E-state index in [2.05, 4.69) is 177 Å². The first-order valence-electron chi connectivity index (χ1n) is 22.7. The summed E-state index contributed by atoms with van der Waals surface area (Å²) in [6, 6.07) is 11.2. The molecule has 6 aromatic heterocycles. The van der Waals surface area contributed by atoms with Crippen LogP contribution in [0, 0.1) is 13.3 Å². The Hall–Kier alpha value is -3.49. The summed E-state index contributed by atoms with van der Waals surface area (Å²) in [5, 5.41) is 0. The Balaban J connectivity index is 0.000000453. The topological polar surface area (TPSA) is 204 Å². The molecule has 26 heteroatoms. The molecule has 0 unspecified atom stereocenters. The number of pyridine rings is 2. The van der Waals surface area contributed by atoms with Gasteiger partial charge in [-0.15, -0.1) is 0 Å². The van der Waals surface area contributed by atoms with Gasteiger partial charge in [-0.1, -0.05) is 140 Å². The van der Waals surface area contributed by atoms with E-state index in [0.29, 0.717) is 23.3 Å². The zero-order valence-electron chi connectivity index (χ0n) is 40.6. The smallest absolute Gasteiger partial charge is 0.0627 e. The van der Waals surface area contributed by atoms with Crippen molar-refractivity contribution in [3.8, 4) is 46.1 Å². The van der Waals surface area contributed by atoms with Crippen LogP contribution < -0.4 is 19.9 Å². The first-order chi connectivity index (χ1) is 34.8. The first-order valence-corrected chi connectivity index (χ1v) is 30.2. The second-order valence-corrected chi connectivity index (χ2v) is 16.8. The van der Waals surface area contributed by atoms with Gasteiger partial charge in [-0.3, -0.25) is 0 Å². The van der Waals surface area contributed by atoms with Crippen molar-refractivity contribution in [3.63, 3.8) is 0 Å². The SMILES string of the molecule is CCCCCCCCN1C=CN(C)[CH-]1.CCCCCCCCN1C=CN(C)[CH-]1.O=S(=O)([O-])C(F)(F)F.[Au+3].[Br][Ag].[Cl][Au].c1cc(-c2ncc[n-]2)nc(-c2ncc[n-]2)c1.c1cc(-c2ncc[n-]2)nc(-c2ncc[n-]2)c1. The molecule has 6 aromatic rings. The van der Waals surface area contributed by atoms with Gasteiger partial charge in [0.15, 0.2) is 10.1 Å². The van der Waals surface area contributed by atoms with Crippen LogP contribution in [0.25, 0.3) is 46.1 Å². The standard InChI is InChI=1S/2C12H23N2.2C11H7N5.CHF3O3S.Ag.2Au.BrH.ClH/c2*1-3-4-5-6-7-8-9-14-11-10-13(2)12-14;2*1-2-8(10-12-4-5-13-10)16-9(3-1)11-14-6-7-15-11;2-1(3,4)8(5,6)7;;;;;/h2*10-12H,3-9H2,1-2H3;2*1-7H;(H,5,6,7);;;;2*1H/q2*-1;2*-2;;2*+1;+3;;/p-3. The predicted molar refractivity (Wildman–Crippen MR) is 268 cm³/mol. The summed E-state index contributed by atoms with van der Waals surface area (Å²) in [7, 11) is 2.63. The van der Waals surface area contributed by atoms with Crippen molar-refractivity contribution < 1.29 is 87.4 Å². The third kappa shape index (κ3) is 28.3. The molecule has 0 amide bonds. The van der Waals surface area contributed by atoms with Crippen LogP contribution >= 0.6 is 22.2 Å². The first kappa shape index (κ1) is 67.5. The Morgan fingerprint density at radius 3 is 1.08 bits per heavy atom. The van der Waals surface area contributed by atoms with Crippen molar-refractivity contribution in [3.05, 3.63) is 124 Å². The van der Waals surface area contributed by atoms with E-state index in [0.717, 1.165) is 22.8 Å². The number of nitrogens with zero attached hydrogens (tertiary/aromatic N) is 14. The summed E-state index contributed by atoms with van der Waals surface area (Å²) in [5.74, 6) is 2.48. The molecule has 2 aliphatic rings. The Labute approximate surface area is 478 Å². The second-order valence-electron chi connectivity index (χ2n) is 15.4. The molecule has 0 bridgehead atoms. The third-order valence-corrected chi connectivity index (χ3v) is 10.3. The summed E-state index contributed by atoms with van der Waals surface area (Å²) >= 11 is 7.26. The molecule has 0 radical (unpaired) electrons. The van der Waals surface area contributed by atoms with Crippen LogP contribution in [0.1, 0.15) is 90.9 Å². The van der Waals surface area contributed by atoms with Gasteiger partial charge in [-0.25, -0.2) is 18.4 Å². The number of hydrogen-bond acceptors (Lipinski definition) is 13. The molecule has 0 N–H and O–H groups in total. The van der Waals surface area contributed by atoms with Gasteiger partial charge in [0.25, 0.3) is 0 Å². The van der Waals surface area contributed by atoms with Gasteiger partial charge in [-0.2, -0.15) is 26.5 Å². The Morgan fingerprint density at radius 2 is 0.863 bits per heavy atom. The van der Waals surface area contributed by atoms with E-state index in [-0.39, 0.29) is 22.4 Å². The number of unbranched alkanes of at least 4 members (excludes halogenated alkanes) is 10. The summed E-state index contributed by atoms with van der Waals surface area (Å²) < 4.78 is 58.9. The quantitative estimate of drug-likeness (QED) is 0.0258. The fourth-order valence-corrected chi connectivity index (χ4v) is 6.28. The van der Waals surface area contributed by atoms with Gasteiger partial charge in [-0.05, 0) is 112 Å². The van der Waals surface area contributed by atoms with Crippen LogP contribution in [0.15, 0.2) is 111 Å². The summed E-state index contributed by atoms with van der Waals surface area (Å²) in [6.07, 6.45) is 38.1. The minimum atomic E-state index is -6.09. The summed E-state index contributed by atoms with van der Waals surface area (Å²) in [5.41, 5.74) is -2.73. The normalized spacial score (nSPS) is 12.3. The summed E-state index contributed by atoms with van der Waals surface area (Å²) in [4.78, 5) is 50.3. The molecule has 2 aliphatic heterocycles. The van der Waals surface area contributed by atoms with Gasteiger partial charge in [0, 0.05) is 0 Å². The van der Waals surface area contributed by atoms with Crippen molar-refractivity contribution in [2.45, 2.75) is 96.4 Å². The Bertz CT molecular complexity index is 2170. The average Bonchev–Trinajstić information content (AvgIpc) is 4.25. The average molecular weight is 1580 g/mol. The van der Waals surface area contributed by atoms with E-state index in [9.17, 15) is 13.2 Å². The van der Waals surface area contributed by atoms with E-state index >= 15 is 0 Å². The molecule has 0 fully saturated rings. The Morgan fingerprint density at radius 1 is 0.589 bits per heavy atom. The molecule has 0 aliphatic carbocycles. The molecule has 0 saturated carbocycles. The van der Waals surface area contributed by atoms with Gasteiger partial charge in [0.1, 0.15) is 0 Å². The molecule has 8 rings (SSSR count). The van der Waals surface area contributed by atoms with Crippen molar-refractivity contribution in [1.82, 2.24) is 69.4 Å². The molecule has 414 valence electrons. The maximum atomic E-state index is 10.7. The fourth-order valence-electron chi connectivity index (χ4n) is 6.28. The number of imidazole rings is 4. The van der Waals surface area contributed by atoms with Crippen LogP contribution in [0.4, 0.5) is 13.2 Å². The van der Waals surface area contributed by atoms with E-state index in [1.54, 1.807) is 69.6 Å². The van der Waals surface area contributed by atoms with Crippen molar-refractivity contribution in [1.29, 1.82) is 0 Å². The Kier molecular flexibility index (Phi) is 36.9. The summed E-state index contributed by atoms with van der Waals surface area (Å²) in [6.45, 7) is 11.2. The van der Waals surface area contributed by atoms with E-state index < -0.39 is 15.6 Å². The molecular formula is C47H60AgAu2BrClF3N14O3S-4. The number of alkyl halides is 3. The zero-order chi connectivity index (χ0) is 53.0. The molecule has 8 heterocycles. The van der Waals surface area contributed by atoms with Crippen molar-refractivity contribution in [2.75, 3.05) is 27.2 Å². The molecule has 17 nitrogen and oxygen atoms in total. The maximum absolute atomic E-state index is 10.7. The fraction of sp³-hybridized carbons (Fsp3) is 0.404. The molecule has 0 saturated heterocycles. The molecule has 0 aromatic carbocycles. The van der Waals surface area contributed by atoms with Crippen LogP contribution in [0.5, 0.6) is 0 Å². The van der Waals surface area contributed by atoms with Crippen molar-refractivity contribution in [2.24, 2.45) is 0 Å². The largest absolute Gasteiger partial charge is 0.441 e. The minimum absolute atomic E-state index is 0. The molecule has 73 heavy (non-hydrogen) atoms. The van der Waals surface area contributed by atoms with Gasteiger partial charge >= 0.3 is 89.0 Å². The van der Waals surface area contributed by atoms with Crippen LogP contribution in [-0.2, 0) is 71.4 Å². The molecular weight excluding hydrogens is 1510 g/mol. The van der Waals surface area contributed by atoms with Gasteiger partial charge < -0.3 is 64.0 Å². The number of aromatic nitrogens is 10. The van der Waals surface area contributed by atoms with E-state index in [4.69, 9.17) is 13.0 Å². The van der Waals surface area contributed by atoms with Gasteiger partial charge in [0.2, 0.25) is 0 Å². The monoisotopic (exact) mass is 1570 g/mol. The second kappa shape index (κ2) is 39.9. The van der Waals surface area contributed by atoms with Gasteiger partial charge in [0.05, 0.1) is 22.8 Å². The minimum Gasteiger partial charge on any atom is -0.441 e. The van der Waals surface area contributed by atoms with Crippen molar-refractivity contribution >= 4 is 32.3 Å². The van der Waals surface area contributed by atoms with Crippen LogP contribution in [0.3, 0.4) is 0 Å².